The molecule has 1 fully saturated rings. The van der Waals surface area contributed by atoms with Gasteiger partial charge in [0.15, 0.2) is 5.96 Å². The normalized spacial score (nSPS) is 20.4. The summed E-state index contributed by atoms with van der Waals surface area (Å²) in [5, 5.41) is 3.32. The lowest BCUT2D eigenvalue weighted by Gasteiger charge is -2.32. The van der Waals surface area contributed by atoms with E-state index in [4.69, 9.17) is 10.5 Å². The maximum Gasteiger partial charge on any atom is 0.409 e. The Labute approximate surface area is 178 Å². The number of halogens is 1. The number of hydrogen-bond donors (Lipinski definition) is 2. The first-order valence-corrected chi connectivity index (χ1v) is 9.73. The molecule has 0 spiro atoms. The lowest BCUT2D eigenvalue weighted by Crippen LogP contribution is -2.48. The van der Waals surface area contributed by atoms with Crippen LogP contribution in [0, 0.1) is 0 Å². The molecule has 3 rings (SSSR count). The van der Waals surface area contributed by atoms with Crippen molar-refractivity contribution in [3.63, 3.8) is 0 Å². The molecule has 1 aliphatic heterocycles. The van der Waals surface area contributed by atoms with Crippen LogP contribution >= 0.6 is 24.0 Å². The molecule has 3 N–H and O–H groups in total. The highest BCUT2D eigenvalue weighted by atomic mass is 127. The van der Waals surface area contributed by atoms with Crippen LogP contribution in [0.15, 0.2) is 29.3 Å². The molecule has 7 heteroatoms. The van der Waals surface area contributed by atoms with Crippen molar-refractivity contribution in [2.45, 2.75) is 51.0 Å². The summed E-state index contributed by atoms with van der Waals surface area (Å²) in [4.78, 5) is 18.1. The third-order valence-electron chi connectivity index (χ3n) is 5.35. The first-order chi connectivity index (χ1) is 12.7. The fourth-order valence-electron chi connectivity index (χ4n) is 3.93. The molecule has 1 aromatic carbocycles. The number of piperidine rings is 1. The van der Waals surface area contributed by atoms with E-state index in [1.54, 1.807) is 4.90 Å². The monoisotopic (exact) mass is 486 g/mol. The molecule has 0 radical (unpaired) electrons. The number of nitrogens with zero attached hydrogens (tertiary/aromatic N) is 2. The number of carbonyl (C=O) groups excluding carboxylic acids is 1. The largest absolute Gasteiger partial charge is 0.450 e. The van der Waals surface area contributed by atoms with Gasteiger partial charge in [0.2, 0.25) is 0 Å². The maximum absolute atomic E-state index is 11.7. The second-order valence-corrected chi connectivity index (χ2v) is 7.12. The summed E-state index contributed by atoms with van der Waals surface area (Å²) in [6, 6.07) is 8.94. The summed E-state index contributed by atoms with van der Waals surface area (Å²) in [5.41, 5.74) is 9.00. The number of aryl methyl sites for hydroxylation is 1. The molecule has 0 aromatic heterocycles. The second-order valence-electron chi connectivity index (χ2n) is 7.12. The number of guanidine groups is 1. The second kappa shape index (κ2) is 10.7. The Morgan fingerprint density at radius 1 is 1.30 bits per heavy atom. The van der Waals surface area contributed by atoms with Gasteiger partial charge in [0.25, 0.3) is 0 Å². The number of rotatable bonds is 4. The van der Waals surface area contributed by atoms with Gasteiger partial charge in [-0.2, -0.15) is 0 Å². The van der Waals surface area contributed by atoms with Crippen molar-refractivity contribution in [2.24, 2.45) is 10.7 Å². The van der Waals surface area contributed by atoms with Crippen LogP contribution in [-0.2, 0) is 11.2 Å². The van der Waals surface area contributed by atoms with Gasteiger partial charge < -0.3 is 20.7 Å². The highest BCUT2D eigenvalue weighted by Crippen LogP contribution is 2.31. The van der Waals surface area contributed by atoms with E-state index in [1.165, 1.54) is 30.4 Å². The number of nitrogens with one attached hydrogen (secondary N) is 1. The molecule has 150 valence electrons. The molecule has 1 aliphatic carbocycles. The van der Waals surface area contributed by atoms with Crippen LogP contribution in [0.25, 0.3) is 0 Å². The van der Waals surface area contributed by atoms with Gasteiger partial charge in [-0.15, -0.1) is 24.0 Å². The molecular weight excluding hydrogens is 455 g/mol. The zero-order chi connectivity index (χ0) is 18.4. The minimum atomic E-state index is -0.219. The van der Waals surface area contributed by atoms with Crippen LogP contribution in [-0.4, -0.2) is 49.2 Å². The predicted molar refractivity (Wildman–Crippen MR) is 119 cm³/mol. The van der Waals surface area contributed by atoms with Gasteiger partial charge in [0.1, 0.15) is 0 Å². The Bertz CT molecular complexity index is 645. The lowest BCUT2D eigenvalue weighted by atomic mass is 9.83. The number of amides is 1. The van der Waals surface area contributed by atoms with Gasteiger partial charge in [-0.1, -0.05) is 24.3 Å². The van der Waals surface area contributed by atoms with Crippen LogP contribution in [0.2, 0.25) is 0 Å². The summed E-state index contributed by atoms with van der Waals surface area (Å²) >= 11 is 0. The van der Waals surface area contributed by atoms with E-state index in [1.807, 2.05) is 6.92 Å². The summed E-state index contributed by atoms with van der Waals surface area (Å²) in [7, 11) is 0. The Morgan fingerprint density at radius 2 is 2.04 bits per heavy atom. The number of carbonyl (C=O) groups is 1. The lowest BCUT2D eigenvalue weighted by molar-refractivity contribution is 0.0963. The first-order valence-electron chi connectivity index (χ1n) is 9.73. The summed E-state index contributed by atoms with van der Waals surface area (Å²) in [5.74, 6) is 0.980. The summed E-state index contributed by atoms with van der Waals surface area (Å²) < 4.78 is 5.05. The van der Waals surface area contributed by atoms with Gasteiger partial charge in [-0.25, -0.2) is 4.79 Å². The number of aliphatic imine (C=N–C) groups is 1. The molecule has 1 amide bonds. The number of hydrogen-bond acceptors (Lipinski definition) is 3. The average molecular weight is 486 g/mol. The number of fused-ring (bicyclic) bond motifs is 1. The average Bonchev–Trinajstić information content (AvgIpc) is 2.67. The van der Waals surface area contributed by atoms with E-state index in [2.05, 4.69) is 34.6 Å². The van der Waals surface area contributed by atoms with Crippen LogP contribution in [0.5, 0.6) is 0 Å². The quantitative estimate of drug-likeness (QED) is 0.389. The van der Waals surface area contributed by atoms with Crippen molar-refractivity contribution in [1.29, 1.82) is 0 Å². The van der Waals surface area contributed by atoms with Crippen molar-refractivity contribution < 1.29 is 9.53 Å². The maximum atomic E-state index is 11.7. The molecule has 1 saturated heterocycles. The minimum Gasteiger partial charge on any atom is -0.450 e. The topological polar surface area (TPSA) is 80.0 Å². The summed E-state index contributed by atoms with van der Waals surface area (Å²) in [6.07, 6.45) is 5.07. The van der Waals surface area contributed by atoms with Crippen LogP contribution in [0.4, 0.5) is 4.79 Å². The summed E-state index contributed by atoms with van der Waals surface area (Å²) in [6.45, 7) is 4.37. The number of ether oxygens (including phenoxy) is 1. The van der Waals surface area contributed by atoms with Gasteiger partial charge in [-0.05, 0) is 50.2 Å². The van der Waals surface area contributed by atoms with Gasteiger partial charge in [0.05, 0.1) is 6.61 Å². The first kappa shape index (κ1) is 21.8. The highest BCUT2D eigenvalue weighted by Gasteiger charge is 2.24. The Morgan fingerprint density at radius 3 is 2.78 bits per heavy atom. The molecule has 0 bridgehead atoms. The third kappa shape index (κ3) is 5.99. The van der Waals surface area contributed by atoms with Crippen molar-refractivity contribution in [2.75, 3.05) is 26.2 Å². The van der Waals surface area contributed by atoms with Crippen LogP contribution in [0.3, 0.4) is 0 Å². The van der Waals surface area contributed by atoms with E-state index in [0.717, 1.165) is 19.4 Å². The number of likely N-dealkylation sites (tertiary alicyclic amines) is 1. The van der Waals surface area contributed by atoms with Gasteiger partial charge >= 0.3 is 6.09 Å². The zero-order valence-electron chi connectivity index (χ0n) is 16.0. The van der Waals surface area contributed by atoms with Crippen molar-refractivity contribution in [3.8, 4) is 0 Å². The minimum absolute atomic E-state index is 0. The zero-order valence-corrected chi connectivity index (χ0v) is 18.4. The van der Waals surface area contributed by atoms with Gasteiger partial charge in [0, 0.05) is 31.6 Å². The fourth-order valence-corrected chi connectivity index (χ4v) is 3.93. The van der Waals surface area contributed by atoms with E-state index in [9.17, 15) is 4.79 Å². The van der Waals surface area contributed by atoms with E-state index in [-0.39, 0.29) is 36.1 Å². The van der Waals surface area contributed by atoms with Gasteiger partial charge in [-0.3, -0.25) is 4.99 Å². The highest BCUT2D eigenvalue weighted by molar-refractivity contribution is 14.0. The van der Waals surface area contributed by atoms with E-state index in [0.29, 0.717) is 31.6 Å². The third-order valence-corrected chi connectivity index (χ3v) is 5.35. The molecule has 1 unspecified atom stereocenters. The number of nitrogens with two attached hydrogens (primary N) is 1. The standard InChI is InChI=1S/C20H30N4O2.HI/c1-2-26-20(25)24-12-10-17(11-13-24)23-19(21)22-14-16-8-5-7-15-6-3-4-9-18(15)16;/h3-4,6,9,16-17H,2,5,7-8,10-14H2,1H3,(H3,21,22,23);1H. The Kier molecular flexibility index (Phi) is 8.66. The fraction of sp³-hybridized carbons (Fsp3) is 0.600. The van der Waals surface area contributed by atoms with Crippen molar-refractivity contribution in [1.82, 2.24) is 10.2 Å². The molecule has 6 nitrogen and oxygen atoms in total. The molecule has 0 saturated carbocycles. The number of benzene rings is 1. The van der Waals surface area contributed by atoms with E-state index >= 15 is 0 Å². The molecule has 1 aromatic rings. The molecule has 2 aliphatic rings. The molecular formula is C20H31IN4O2. The van der Waals surface area contributed by atoms with Crippen molar-refractivity contribution in [3.05, 3.63) is 35.4 Å². The Balaban J connectivity index is 0.00000261. The van der Waals surface area contributed by atoms with Crippen LogP contribution in [0.1, 0.15) is 49.7 Å². The Hall–Kier alpha value is -1.51. The van der Waals surface area contributed by atoms with Crippen LogP contribution < -0.4 is 11.1 Å². The predicted octanol–water partition coefficient (Wildman–Crippen LogP) is 3.25. The molecule has 1 heterocycles. The molecule has 27 heavy (non-hydrogen) atoms. The molecule has 1 atom stereocenters. The SMILES string of the molecule is CCOC(=O)N1CCC(NC(N)=NCC2CCCc3ccccc32)CC1.I. The smallest absolute Gasteiger partial charge is 0.409 e. The van der Waals surface area contributed by atoms with Crippen molar-refractivity contribution >= 4 is 36.0 Å². The van der Waals surface area contributed by atoms with E-state index < -0.39 is 0 Å².